The molecule has 6 heteroatoms. The van der Waals surface area contributed by atoms with E-state index >= 15 is 0 Å². The van der Waals surface area contributed by atoms with Gasteiger partial charge in [0.15, 0.2) is 5.82 Å². The topological polar surface area (TPSA) is 74.2 Å². The molecule has 2 rings (SSSR count). The third-order valence-electron chi connectivity index (χ3n) is 2.23. The van der Waals surface area contributed by atoms with E-state index in [1.54, 1.807) is 7.11 Å². The van der Waals surface area contributed by atoms with Crippen molar-refractivity contribution in [2.45, 2.75) is 6.42 Å². The molecule has 17 heavy (non-hydrogen) atoms. The molecule has 5 nitrogen and oxygen atoms in total. The quantitative estimate of drug-likeness (QED) is 0.934. The minimum Gasteiger partial charge on any atom is -0.496 e. The molecule has 0 aliphatic rings. The van der Waals surface area contributed by atoms with Crippen LogP contribution in [0.3, 0.4) is 0 Å². The molecule has 0 atom stereocenters. The maximum atomic E-state index is 5.42. The van der Waals surface area contributed by atoms with E-state index < -0.39 is 0 Å². The smallest absolute Gasteiger partial charge is 0.257 e. The molecule has 0 fully saturated rings. The zero-order valence-electron chi connectivity index (χ0n) is 9.31. The predicted octanol–water partition coefficient (Wildman–Crippen LogP) is 2.01. The Balaban J connectivity index is 2.29. The van der Waals surface area contributed by atoms with Crippen LogP contribution in [0.25, 0.3) is 11.5 Å². The van der Waals surface area contributed by atoms with Gasteiger partial charge in [0.1, 0.15) is 5.75 Å². The Morgan fingerprint density at radius 1 is 1.47 bits per heavy atom. The van der Waals surface area contributed by atoms with Crippen LogP contribution in [-0.2, 0) is 6.42 Å². The van der Waals surface area contributed by atoms with Gasteiger partial charge in [-0.15, -0.1) is 0 Å². The number of rotatable bonds is 4. The average molecular weight is 298 g/mol. The van der Waals surface area contributed by atoms with Gasteiger partial charge < -0.3 is 15.0 Å². The first kappa shape index (κ1) is 12.1. The second kappa shape index (κ2) is 5.29. The van der Waals surface area contributed by atoms with Crippen LogP contribution >= 0.6 is 15.9 Å². The summed E-state index contributed by atoms with van der Waals surface area (Å²) in [4.78, 5) is 4.25. The van der Waals surface area contributed by atoms with Gasteiger partial charge in [0, 0.05) is 12.0 Å². The van der Waals surface area contributed by atoms with E-state index in [0.717, 1.165) is 15.8 Å². The molecular formula is C11H12BrN3O2. The van der Waals surface area contributed by atoms with Gasteiger partial charge in [-0.05, 0) is 40.7 Å². The van der Waals surface area contributed by atoms with Crippen LogP contribution in [-0.4, -0.2) is 23.8 Å². The summed E-state index contributed by atoms with van der Waals surface area (Å²) in [5, 5.41) is 3.84. The van der Waals surface area contributed by atoms with Crippen molar-refractivity contribution in [2.75, 3.05) is 13.7 Å². The second-order valence-corrected chi connectivity index (χ2v) is 4.26. The van der Waals surface area contributed by atoms with E-state index in [9.17, 15) is 0 Å². The molecule has 1 heterocycles. The number of hydrogen-bond acceptors (Lipinski definition) is 5. The average Bonchev–Trinajstić information content (AvgIpc) is 2.78. The molecule has 1 aromatic carbocycles. The lowest BCUT2D eigenvalue weighted by molar-refractivity contribution is 0.411. The lowest BCUT2D eigenvalue weighted by atomic mass is 10.2. The molecule has 0 saturated carbocycles. The Bertz CT molecular complexity index is 513. The third-order valence-corrected chi connectivity index (χ3v) is 2.85. The summed E-state index contributed by atoms with van der Waals surface area (Å²) in [6.07, 6.45) is 0.612. The van der Waals surface area contributed by atoms with E-state index in [-0.39, 0.29) is 0 Å². The number of halogens is 1. The third kappa shape index (κ3) is 2.65. The Morgan fingerprint density at radius 2 is 2.29 bits per heavy atom. The first-order valence-corrected chi connectivity index (χ1v) is 5.90. The molecule has 2 N–H and O–H groups in total. The molecule has 0 bridgehead atoms. The van der Waals surface area contributed by atoms with Crippen LogP contribution in [0.2, 0.25) is 0 Å². The van der Waals surface area contributed by atoms with Gasteiger partial charge in [-0.25, -0.2) is 0 Å². The van der Waals surface area contributed by atoms with Gasteiger partial charge in [-0.2, -0.15) is 4.98 Å². The summed E-state index contributed by atoms with van der Waals surface area (Å²) >= 11 is 3.41. The fourth-order valence-electron chi connectivity index (χ4n) is 1.40. The summed E-state index contributed by atoms with van der Waals surface area (Å²) in [7, 11) is 1.62. The molecule has 90 valence electrons. The van der Waals surface area contributed by atoms with E-state index in [1.165, 1.54) is 0 Å². The van der Waals surface area contributed by atoms with Gasteiger partial charge in [-0.1, -0.05) is 5.16 Å². The van der Waals surface area contributed by atoms with Crippen molar-refractivity contribution in [1.29, 1.82) is 0 Å². The summed E-state index contributed by atoms with van der Waals surface area (Å²) < 4.78 is 11.1. The summed E-state index contributed by atoms with van der Waals surface area (Å²) in [6, 6.07) is 5.58. The van der Waals surface area contributed by atoms with Gasteiger partial charge in [-0.3, -0.25) is 0 Å². The fourth-order valence-corrected chi connectivity index (χ4v) is 1.94. The van der Waals surface area contributed by atoms with Crippen molar-refractivity contribution in [1.82, 2.24) is 10.1 Å². The number of ether oxygens (including phenoxy) is 1. The van der Waals surface area contributed by atoms with E-state index in [2.05, 4.69) is 26.1 Å². The van der Waals surface area contributed by atoms with Gasteiger partial charge in [0.05, 0.1) is 11.6 Å². The minimum absolute atomic E-state index is 0.483. The number of methoxy groups -OCH3 is 1. The Morgan fingerprint density at radius 3 is 2.94 bits per heavy atom. The SMILES string of the molecule is COc1ccc(-c2nc(CCN)no2)cc1Br. The highest BCUT2D eigenvalue weighted by Gasteiger charge is 2.10. The number of nitrogens with zero attached hydrogens (tertiary/aromatic N) is 2. The van der Waals surface area contributed by atoms with Crippen LogP contribution in [0.15, 0.2) is 27.2 Å². The van der Waals surface area contributed by atoms with Crippen molar-refractivity contribution < 1.29 is 9.26 Å². The van der Waals surface area contributed by atoms with Gasteiger partial charge in [0.2, 0.25) is 0 Å². The van der Waals surface area contributed by atoms with Crippen molar-refractivity contribution in [3.05, 3.63) is 28.5 Å². The van der Waals surface area contributed by atoms with Crippen LogP contribution < -0.4 is 10.5 Å². The number of benzene rings is 1. The lowest BCUT2D eigenvalue weighted by Gasteiger charge is -2.03. The van der Waals surface area contributed by atoms with E-state index in [0.29, 0.717) is 24.7 Å². The van der Waals surface area contributed by atoms with E-state index in [4.69, 9.17) is 15.0 Å². The van der Waals surface area contributed by atoms with Crippen LogP contribution in [0.4, 0.5) is 0 Å². The van der Waals surface area contributed by atoms with Gasteiger partial charge >= 0.3 is 0 Å². The molecule has 0 aliphatic heterocycles. The molecule has 2 aromatic rings. The predicted molar refractivity (Wildman–Crippen MR) is 66.7 cm³/mol. The maximum absolute atomic E-state index is 5.42. The van der Waals surface area contributed by atoms with Crippen molar-refractivity contribution in [3.63, 3.8) is 0 Å². The minimum atomic E-state index is 0.483. The van der Waals surface area contributed by atoms with Crippen molar-refractivity contribution in [3.8, 4) is 17.2 Å². The summed E-state index contributed by atoms with van der Waals surface area (Å²) in [5.41, 5.74) is 6.27. The van der Waals surface area contributed by atoms with Crippen molar-refractivity contribution in [2.24, 2.45) is 5.73 Å². The lowest BCUT2D eigenvalue weighted by Crippen LogP contribution is -2.03. The second-order valence-electron chi connectivity index (χ2n) is 3.40. The standard InChI is InChI=1S/C11H12BrN3O2/c1-16-9-3-2-7(6-8(9)12)11-14-10(4-5-13)15-17-11/h2-3,6H,4-5,13H2,1H3. The number of nitrogens with two attached hydrogens (primary N) is 1. The van der Waals surface area contributed by atoms with Crippen LogP contribution in [0.1, 0.15) is 5.82 Å². The Hall–Kier alpha value is -1.40. The highest BCUT2D eigenvalue weighted by Crippen LogP contribution is 2.29. The first-order valence-electron chi connectivity index (χ1n) is 5.11. The zero-order valence-corrected chi connectivity index (χ0v) is 10.9. The number of aromatic nitrogens is 2. The summed E-state index contributed by atoms with van der Waals surface area (Å²) in [6.45, 7) is 0.505. The van der Waals surface area contributed by atoms with Crippen molar-refractivity contribution >= 4 is 15.9 Å². The largest absolute Gasteiger partial charge is 0.496 e. The Labute approximate surface area is 107 Å². The normalized spacial score (nSPS) is 10.5. The van der Waals surface area contributed by atoms with Crippen LogP contribution in [0, 0.1) is 0 Å². The first-order chi connectivity index (χ1) is 8.24. The molecule has 0 amide bonds. The monoisotopic (exact) mass is 297 g/mol. The maximum Gasteiger partial charge on any atom is 0.257 e. The molecule has 0 saturated heterocycles. The zero-order chi connectivity index (χ0) is 12.3. The highest BCUT2D eigenvalue weighted by atomic mass is 79.9. The molecular weight excluding hydrogens is 286 g/mol. The molecule has 1 aromatic heterocycles. The Kier molecular flexibility index (Phi) is 3.75. The molecule has 0 aliphatic carbocycles. The molecule has 0 radical (unpaired) electrons. The summed E-state index contributed by atoms with van der Waals surface area (Å²) in [5.74, 6) is 1.86. The number of hydrogen-bond donors (Lipinski definition) is 1. The van der Waals surface area contributed by atoms with Gasteiger partial charge in [0.25, 0.3) is 5.89 Å². The molecule has 0 unspecified atom stereocenters. The fraction of sp³-hybridized carbons (Fsp3) is 0.273. The molecule has 0 spiro atoms. The highest BCUT2D eigenvalue weighted by molar-refractivity contribution is 9.10. The van der Waals surface area contributed by atoms with E-state index in [1.807, 2.05) is 18.2 Å². The van der Waals surface area contributed by atoms with Crippen LogP contribution in [0.5, 0.6) is 5.75 Å².